The van der Waals surface area contributed by atoms with Crippen molar-refractivity contribution >= 4 is 25.8 Å². The van der Waals surface area contributed by atoms with E-state index in [0.29, 0.717) is 24.5 Å². The van der Waals surface area contributed by atoms with Gasteiger partial charge in [0.1, 0.15) is 6.23 Å². The number of hydrogen-bond donors (Lipinski definition) is 3. The molecule has 10 heteroatoms. The number of ether oxygens (including phenoxy) is 2. The highest BCUT2D eigenvalue weighted by Crippen LogP contribution is 2.38. The maximum atomic E-state index is 12.3. The Labute approximate surface area is 240 Å². The van der Waals surface area contributed by atoms with Crippen LogP contribution in [0.4, 0.5) is 5.69 Å². The third kappa shape index (κ3) is 8.14. The minimum Gasteiger partial charge on any atom is -0.413 e. The van der Waals surface area contributed by atoms with Gasteiger partial charge in [0.15, 0.2) is 14.6 Å². The van der Waals surface area contributed by atoms with Gasteiger partial charge in [0.25, 0.3) is 0 Å². The van der Waals surface area contributed by atoms with Crippen LogP contribution in [0.5, 0.6) is 0 Å². The van der Waals surface area contributed by atoms with Gasteiger partial charge in [-0.1, -0.05) is 26.8 Å². The van der Waals surface area contributed by atoms with Crippen LogP contribution >= 0.6 is 0 Å². The summed E-state index contributed by atoms with van der Waals surface area (Å²) < 4.78 is 18.4. The third-order valence-corrected chi connectivity index (χ3v) is 13.5. The van der Waals surface area contributed by atoms with E-state index < -0.39 is 26.5 Å². The molecule has 0 bridgehead atoms. The smallest absolute Gasteiger partial charge is 0.243 e. The number of amides is 2. The first-order chi connectivity index (χ1) is 18.9. The molecular weight excluding hydrogens is 526 g/mol. The van der Waals surface area contributed by atoms with Crippen LogP contribution in [0, 0.1) is 5.92 Å². The van der Waals surface area contributed by atoms with Gasteiger partial charge >= 0.3 is 0 Å². The molecule has 3 fully saturated rings. The average Bonchev–Trinajstić information content (AvgIpc) is 2.92. The number of piperidine rings is 2. The van der Waals surface area contributed by atoms with Crippen molar-refractivity contribution in [2.75, 3.05) is 31.2 Å². The number of aliphatic hydroxyl groups is 1. The third-order valence-electron chi connectivity index (χ3n) is 9.05. The van der Waals surface area contributed by atoms with Crippen LogP contribution in [-0.2, 0) is 30.1 Å². The van der Waals surface area contributed by atoms with E-state index in [-0.39, 0.29) is 23.7 Å². The zero-order valence-corrected chi connectivity index (χ0v) is 26.0. The Morgan fingerprint density at radius 1 is 1.15 bits per heavy atom. The monoisotopic (exact) mass is 575 g/mol. The Balaban J connectivity index is 1.43. The zero-order valence-electron chi connectivity index (χ0n) is 25.0. The van der Waals surface area contributed by atoms with Gasteiger partial charge in [-0.3, -0.25) is 20.2 Å². The molecular formula is C30H49N3O6Si. The number of rotatable bonds is 10. The van der Waals surface area contributed by atoms with Crippen molar-refractivity contribution in [2.45, 2.75) is 109 Å². The number of nitrogens with zero attached hydrogens (tertiary/aromatic N) is 1. The molecule has 1 aromatic carbocycles. The van der Waals surface area contributed by atoms with E-state index in [4.69, 9.17) is 13.9 Å². The van der Waals surface area contributed by atoms with E-state index in [1.54, 1.807) is 0 Å². The first-order valence-corrected chi connectivity index (χ1v) is 17.9. The van der Waals surface area contributed by atoms with E-state index in [9.17, 15) is 14.7 Å². The lowest BCUT2D eigenvalue weighted by molar-refractivity contribution is -0.169. The van der Waals surface area contributed by atoms with E-state index in [1.165, 1.54) is 6.42 Å². The second-order valence-corrected chi connectivity index (χ2v) is 17.9. The van der Waals surface area contributed by atoms with E-state index in [2.05, 4.69) is 55.5 Å². The largest absolute Gasteiger partial charge is 0.413 e. The fourth-order valence-corrected chi connectivity index (χ4v) is 6.18. The van der Waals surface area contributed by atoms with Crippen molar-refractivity contribution in [3.8, 4) is 0 Å². The molecule has 0 aliphatic carbocycles. The molecule has 9 nitrogen and oxygen atoms in total. The molecule has 4 rings (SSSR count). The van der Waals surface area contributed by atoms with Crippen molar-refractivity contribution in [3.05, 3.63) is 29.3 Å². The predicted octanol–water partition coefficient (Wildman–Crippen LogP) is 4.35. The summed E-state index contributed by atoms with van der Waals surface area (Å²) in [4.78, 5) is 26.3. The highest BCUT2D eigenvalue weighted by Gasteiger charge is 2.37. The highest BCUT2D eigenvalue weighted by molar-refractivity contribution is 6.74. The molecule has 0 radical (unpaired) electrons. The van der Waals surface area contributed by atoms with Crippen LogP contribution in [0.3, 0.4) is 0 Å². The normalized spacial score (nSPS) is 24.2. The lowest BCUT2D eigenvalue weighted by atomic mass is 9.96. The second kappa shape index (κ2) is 13.4. The summed E-state index contributed by atoms with van der Waals surface area (Å²) in [6.45, 7) is 14.9. The first-order valence-electron chi connectivity index (χ1n) is 15.0. The number of carbonyl (C=O) groups excluding carboxylic acids is 2. The van der Waals surface area contributed by atoms with Gasteiger partial charge in [0, 0.05) is 37.4 Å². The number of anilines is 1. The summed E-state index contributed by atoms with van der Waals surface area (Å²) in [5.41, 5.74) is 2.72. The lowest BCUT2D eigenvalue weighted by Gasteiger charge is -2.37. The van der Waals surface area contributed by atoms with Crippen molar-refractivity contribution in [1.82, 2.24) is 10.6 Å². The van der Waals surface area contributed by atoms with Gasteiger partial charge in [-0.15, -0.1) is 0 Å². The maximum Gasteiger partial charge on any atom is 0.243 e. The van der Waals surface area contributed by atoms with Gasteiger partial charge < -0.3 is 23.9 Å². The Morgan fingerprint density at radius 3 is 2.55 bits per heavy atom. The molecule has 224 valence electrons. The molecule has 40 heavy (non-hydrogen) atoms. The first kappa shape index (κ1) is 31.1. The quantitative estimate of drug-likeness (QED) is 0.215. The van der Waals surface area contributed by atoms with Crippen molar-refractivity contribution in [1.29, 1.82) is 0 Å². The summed E-state index contributed by atoms with van der Waals surface area (Å²) >= 11 is 0. The molecule has 0 saturated carbocycles. The fourth-order valence-electron chi connectivity index (χ4n) is 5.23. The number of aliphatic hydroxyl groups excluding tert-OH is 1. The summed E-state index contributed by atoms with van der Waals surface area (Å²) in [6, 6.07) is 5.50. The van der Waals surface area contributed by atoms with Crippen LogP contribution in [0.15, 0.2) is 18.2 Å². The minimum absolute atomic E-state index is 0.0389. The maximum absolute atomic E-state index is 12.3. The van der Waals surface area contributed by atoms with Crippen LogP contribution < -0.4 is 15.5 Å². The summed E-state index contributed by atoms with van der Waals surface area (Å²) in [6.07, 6.45) is 4.95. The Bertz CT molecular complexity index is 1020. The van der Waals surface area contributed by atoms with Crippen molar-refractivity contribution in [2.24, 2.45) is 5.92 Å². The van der Waals surface area contributed by atoms with Crippen LogP contribution in [0.2, 0.25) is 18.1 Å². The number of hydrogen-bond acceptors (Lipinski definition) is 8. The molecule has 0 aromatic heterocycles. The second-order valence-electron chi connectivity index (χ2n) is 13.1. The molecule has 3 aliphatic rings. The minimum atomic E-state index is -2.04. The van der Waals surface area contributed by atoms with E-state index >= 15 is 0 Å². The summed E-state index contributed by atoms with van der Waals surface area (Å²) in [5.74, 6) is -0.141. The topological polar surface area (TPSA) is 109 Å². The molecule has 0 spiro atoms. The van der Waals surface area contributed by atoms with Gasteiger partial charge in [-0.05, 0) is 80.3 Å². The Hall–Kier alpha value is -1.82. The summed E-state index contributed by atoms with van der Waals surface area (Å²) in [7, 11) is -2.04. The van der Waals surface area contributed by atoms with Crippen LogP contribution in [0.25, 0.3) is 0 Å². The van der Waals surface area contributed by atoms with Gasteiger partial charge in [-0.25, -0.2) is 0 Å². The SMILES string of the molecule is CC(C)(C)[Si](C)(C)OCc1cc(N2CCC(COC3CCCCO3)CC2)ccc1C(O)NC1CCC(=O)NC1=O. The molecule has 3 saturated heterocycles. The molecule has 1 aromatic rings. The van der Waals surface area contributed by atoms with Crippen molar-refractivity contribution < 1.29 is 28.6 Å². The van der Waals surface area contributed by atoms with Crippen molar-refractivity contribution in [3.63, 3.8) is 0 Å². The van der Waals surface area contributed by atoms with E-state index in [1.807, 2.05) is 12.1 Å². The number of benzene rings is 1. The van der Waals surface area contributed by atoms with Gasteiger partial charge in [-0.2, -0.15) is 0 Å². The molecule has 2 amide bonds. The molecule has 3 heterocycles. The molecule has 3 N–H and O–H groups in total. The Morgan fingerprint density at radius 2 is 1.90 bits per heavy atom. The Kier molecular flexibility index (Phi) is 10.5. The average molecular weight is 576 g/mol. The van der Waals surface area contributed by atoms with Crippen LogP contribution in [-0.4, -0.2) is 63.9 Å². The number of carbonyl (C=O) groups is 2. The molecule has 3 atom stereocenters. The highest BCUT2D eigenvalue weighted by atomic mass is 28.4. The van der Waals surface area contributed by atoms with Gasteiger partial charge in [0.2, 0.25) is 11.8 Å². The van der Waals surface area contributed by atoms with E-state index in [0.717, 1.165) is 63.2 Å². The molecule has 3 unspecified atom stereocenters. The standard InChI is InChI=1S/C30H49N3O6Si/c1-30(2,3)40(4,5)39-20-22-18-23(9-10-24(22)28(35)31-25-11-12-26(34)32-29(25)36)33-15-13-21(14-16-33)19-38-27-8-6-7-17-37-27/h9-10,18,21,25,27-28,31,35H,6-8,11-17,19-20H2,1-5H3,(H,32,34,36). The predicted molar refractivity (Wildman–Crippen MR) is 157 cm³/mol. The van der Waals surface area contributed by atoms with Crippen LogP contribution in [0.1, 0.15) is 83.1 Å². The summed E-state index contributed by atoms with van der Waals surface area (Å²) in [5, 5.41) is 16.6. The fraction of sp³-hybridized carbons (Fsp3) is 0.733. The molecule has 3 aliphatic heterocycles. The lowest BCUT2D eigenvalue weighted by Crippen LogP contribution is -2.51. The number of imide groups is 1. The number of nitrogens with one attached hydrogen (secondary N) is 2. The van der Waals surface area contributed by atoms with Gasteiger partial charge in [0.05, 0.1) is 19.3 Å². The zero-order chi connectivity index (χ0) is 28.9.